The zero-order chi connectivity index (χ0) is 18.8. The molecule has 6 heteroatoms. The summed E-state index contributed by atoms with van der Waals surface area (Å²) in [4.78, 5) is 9.57. The molecule has 0 aliphatic rings. The van der Waals surface area contributed by atoms with Crippen LogP contribution in [0, 0.1) is 18.3 Å². The highest BCUT2D eigenvalue weighted by Crippen LogP contribution is 2.36. The number of aliphatic hydroxyl groups is 1. The van der Waals surface area contributed by atoms with Gasteiger partial charge in [0.25, 0.3) is 0 Å². The number of nitrogens with zero attached hydrogens (tertiary/aromatic N) is 2. The van der Waals surface area contributed by atoms with Crippen molar-refractivity contribution in [1.29, 1.82) is 5.26 Å². The standard InChI is InChI=1S/C21H18N4OS/c1-13-16-7-8-23-19(16)6-5-18(13)25-20-14(11-22)12-24-21-17(20)10-15(27-21)4-2-3-9-26/h2,4-8,10,12,23,26H,3,9H2,1H3,(H,24,25)/b4-2+. The molecule has 0 amide bonds. The minimum atomic E-state index is 0.131. The van der Waals surface area contributed by atoms with Crippen molar-refractivity contribution in [3.63, 3.8) is 0 Å². The van der Waals surface area contributed by atoms with Crippen LogP contribution in [0.15, 0.2) is 42.7 Å². The van der Waals surface area contributed by atoms with Crippen LogP contribution >= 0.6 is 11.3 Å². The SMILES string of the molecule is Cc1c(Nc2c(C#N)cnc3sc(/C=C/CCO)cc23)ccc2[nH]ccc12. The Balaban J connectivity index is 1.81. The average molecular weight is 374 g/mol. The zero-order valence-electron chi connectivity index (χ0n) is 14.8. The van der Waals surface area contributed by atoms with Gasteiger partial charge in [-0.3, -0.25) is 0 Å². The second-order valence-corrected chi connectivity index (χ2v) is 7.31. The lowest BCUT2D eigenvalue weighted by Gasteiger charge is -2.12. The van der Waals surface area contributed by atoms with Gasteiger partial charge in [0, 0.05) is 45.9 Å². The summed E-state index contributed by atoms with van der Waals surface area (Å²) in [5.74, 6) is 0. The topological polar surface area (TPSA) is 84.7 Å². The predicted octanol–water partition coefficient (Wildman–Crippen LogP) is 5.10. The molecule has 0 aliphatic heterocycles. The first kappa shape index (κ1) is 17.3. The molecule has 0 fully saturated rings. The van der Waals surface area contributed by atoms with Crippen molar-refractivity contribution in [3.8, 4) is 6.07 Å². The van der Waals surface area contributed by atoms with E-state index in [0.717, 1.165) is 42.9 Å². The average Bonchev–Trinajstić information content (AvgIpc) is 3.31. The number of nitrogens with one attached hydrogen (secondary N) is 2. The summed E-state index contributed by atoms with van der Waals surface area (Å²) in [5.41, 5.74) is 4.47. The van der Waals surface area contributed by atoms with E-state index in [-0.39, 0.29) is 6.61 Å². The van der Waals surface area contributed by atoms with E-state index in [1.54, 1.807) is 17.5 Å². The van der Waals surface area contributed by atoms with Crippen LogP contribution in [0.2, 0.25) is 0 Å². The fourth-order valence-electron chi connectivity index (χ4n) is 3.14. The van der Waals surface area contributed by atoms with Crippen LogP contribution in [-0.4, -0.2) is 21.7 Å². The van der Waals surface area contributed by atoms with Gasteiger partial charge in [-0.25, -0.2) is 4.98 Å². The number of pyridine rings is 1. The molecule has 0 saturated carbocycles. The summed E-state index contributed by atoms with van der Waals surface area (Å²) in [6.45, 7) is 2.20. The minimum absolute atomic E-state index is 0.131. The number of fused-ring (bicyclic) bond motifs is 2. The second kappa shape index (κ2) is 7.23. The van der Waals surface area contributed by atoms with E-state index in [4.69, 9.17) is 5.11 Å². The van der Waals surface area contributed by atoms with Gasteiger partial charge in [-0.2, -0.15) is 5.26 Å². The maximum absolute atomic E-state index is 9.57. The molecule has 4 rings (SSSR count). The smallest absolute Gasteiger partial charge is 0.125 e. The number of aromatic nitrogens is 2. The van der Waals surface area contributed by atoms with Crippen molar-refractivity contribution in [2.75, 3.05) is 11.9 Å². The van der Waals surface area contributed by atoms with Gasteiger partial charge in [-0.1, -0.05) is 6.08 Å². The molecule has 0 aliphatic carbocycles. The van der Waals surface area contributed by atoms with Crippen LogP contribution in [0.3, 0.4) is 0 Å². The fraction of sp³-hybridized carbons (Fsp3) is 0.143. The van der Waals surface area contributed by atoms with Crippen molar-refractivity contribution in [3.05, 3.63) is 58.7 Å². The van der Waals surface area contributed by atoms with Gasteiger partial charge in [0.1, 0.15) is 10.9 Å². The van der Waals surface area contributed by atoms with Crippen LogP contribution in [0.4, 0.5) is 11.4 Å². The van der Waals surface area contributed by atoms with E-state index < -0.39 is 0 Å². The number of nitriles is 1. The van der Waals surface area contributed by atoms with Crippen LogP contribution in [0.1, 0.15) is 22.4 Å². The molecule has 0 unspecified atom stereocenters. The van der Waals surface area contributed by atoms with E-state index in [2.05, 4.69) is 34.3 Å². The molecule has 27 heavy (non-hydrogen) atoms. The first-order chi connectivity index (χ1) is 13.2. The Labute approximate surface area is 160 Å². The molecular formula is C21H18N4OS. The van der Waals surface area contributed by atoms with E-state index in [1.165, 1.54) is 0 Å². The largest absolute Gasteiger partial charge is 0.396 e. The summed E-state index contributed by atoms with van der Waals surface area (Å²) < 4.78 is 0. The molecule has 3 N–H and O–H groups in total. The molecule has 5 nitrogen and oxygen atoms in total. The Bertz CT molecular complexity index is 1200. The fourth-order valence-corrected chi connectivity index (χ4v) is 4.08. The molecule has 0 bridgehead atoms. The molecule has 0 radical (unpaired) electrons. The number of benzene rings is 1. The molecular weight excluding hydrogens is 356 g/mol. The van der Waals surface area contributed by atoms with Crippen LogP contribution in [0.5, 0.6) is 0 Å². The molecule has 134 valence electrons. The Morgan fingerprint density at radius 3 is 3.04 bits per heavy atom. The van der Waals surface area contributed by atoms with E-state index in [1.807, 2.05) is 36.5 Å². The highest BCUT2D eigenvalue weighted by molar-refractivity contribution is 7.19. The Morgan fingerprint density at radius 1 is 1.33 bits per heavy atom. The third kappa shape index (κ3) is 3.19. The van der Waals surface area contributed by atoms with Crippen molar-refractivity contribution >= 4 is 49.9 Å². The number of H-pyrrole nitrogens is 1. The first-order valence-corrected chi connectivity index (χ1v) is 9.46. The maximum Gasteiger partial charge on any atom is 0.125 e. The summed E-state index contributed by atoms with van der Waals surface area (Å²) in [7, 11) is 0. The number of aryl methyl sites for hydroxylation is 1. The maximum atomic E-state index is 9.57. The molecule has 3 heterocycles. The molecule has 0 atom stereocenters. The number of aliphatic hydroxyl groups excluding tert-OH is 1. The van der Waals surface area contributed by atoms with Crippen LogP contribution in [0.25, 0.3) is 27.2 Å². The number of hydrogen-bond donors (Lipinski definition) is 3. The predicted molar refractivity (Wildman–Crippen MR) is 111 cm³/mol. The molecule has 0 saturated heterocycles. The Hall–Kier alpha value is -3.14. The Kier molecular flexibility index (Phi) is 4.63. The van der Waals surface area contributed by atoms with Gasteiger partial charge < -0.3 is 15.4 Å². The first-order valence-electron chi connectivity index (χ1n) is 8.65. The van der Waals surface area contributed by atoms with Crippen LogP contribution in [-0.2, 0) is 0 Å². The van der Waals surface area contributed by atoms with Gasteiger partial charge in [0.15, 0.2) is 0 Å². The van der Waals surface area contributed by atoms with Gasteiger partial charge in [0.2, 0.25) is 0 Å². The van der Waals surface area contributed by atoms with Crippen LogP contribution < -0.4 is 5.32 Å². The third-order valence-electron chi connectivity index (χ3n) is 4.54. The summed E-state index contributed by atoms with van der Waals surface area (Å²) in [6.07, 6.45) is 8.08. The number of aromatic amines is 1. The number of hydrogen-bond acceptors (Lipinski definition) is 5. The van der Waals surface area contributed by atoms with E-state index >= 15 is 0 Å². The van der Waals surface area contributed by atoms with Gasteiger partial charge in [-0.05, 0) is 49.2 Å². The lowest BCUT2D eigenvalue weighted by molar-refractivity contribution is 0.303. The lowest BCUT2D eigenvalue weighted by atomic mass is 10.1. The highest BCUT2D eigenvalue weighted by atomic mass is 32.1. The lowest BCUT2D eigenvalue weighted by Crippen LogP contribution is -1.97. The quantitative estimate of drug-likeness (QED) is 0.454. The van der Waals surface area contributed by atoms with Gasteiger partial charge in [-0.15, -0.1) is 11.3 Å². The summed E-state index contributed by atoms with van der Waals surface area (Å²) in [6, 6.07) is 10.4. The third-order valence-corrected chi connectivity index (χ3v) is 5.55. The molecule has 1 aromatic carbocycles. The normalized spacial score (nSPS) is 11.4. The van der Waals surface area contributed by atoms with Crippen molar-refractivity contribution in [1.82, 2.24) is 9.97 Å². The zero-order valence-corrected chi connectivity index (χ0v) is 15.6. The monoisotopic (exact) mass is 374 g/mol. The van der Waals surface area contributed by atoms with E-state index in [9.17, 15) is 5.26 Å². The summed E-state index contributed by atoms with van der Waals surface area (Å²) in [5, 5.41) is 24.1. The van der Waals surface area contributed by atoms with Gasteiger partial charge >= 0.3 is 0 Å². The van der Waals surface area contributed by atoms with Crippen molar-refractivity contribution in [2.45, 2.75) is 13.3 Å². The highest BCUT2D eigenvalue weighted by Gasteiger charge is 2.14. The van der Waals surface area contributed by atoms with Gasteiger partial charge in [0.05, 0.1) is 11.3 Å². The Morgan fingerprint density at radius 2 is 2.22 bits per heavy atom. The second-order valence-electron chi connectivity index (χ2n) is 6.24. The molecule has 3 aromatic heterocycles. The summed E-state index contributed by atoms with van der Waals surface area (Å²) >= 11 is 1.57. The number of anilines is 2. The van der Waals surface area contributed by atoms with Crippen molar-refractivity contribution < 1.29 is 5.11 Å². The minimum Gasteiger partial charge on any atom is -0.396 e. The number of thiophene rings is 1. The number of rotatable bonds is 5. The van der Waals surface area contributed by atoms with Crippen molar-refractivity contribution in [2.24, 2.45) is 0 Å². The molecule has 4 aromatic rings. The van der Waals surface area contributed by atoms with E-state index in [0.29, 0.717) is 12.0 Å². The molecule has 0 spiro atoms.